The van der Waals surface area contributed by atoms with Crippen molar-refractivity contribution in [2.75, 3.05) is 0 Å². The molecule has 0 bridgehead atoms. The van der Waals surface area contributed by atoms with Gasteiger partial charge in [-0.1, -0.05) is 19.1 Å². The molecule has 1 heterocycles. The second-order valence-corrected chi connectivity index (χ2v) is 4.75. The zero-order valence-electron chi connectivity index (χ0n) is 11.5. The monoisotopic (exact) mass is 276 g/mol. The topological polar surface area (TPSA) is 55.1 Å². The van der Waals surface area contributed by atoms with Crippen molar-refractivity contribution in [3.63, 3.8) is 0 Å². The predicted molar refractivity (Wildman–Crippen MR) is 73.1 cm³/mol. The van der Waals surface area contributed by atoms with Gasteiger partial charge in [0.15, 0.2) is 0 Å². The van der Waals surface area contributed by atoms with Crippen LogP contribution >= 0.6 is 0 Å². The number of carbonyl (C=O) groups is 1. The lowest BCUT2D eigenvalue weighted by atomic mass is 9.94. The average Bonchev–Trinajstić information content (AvgIpc) is 2.76. The number of nitrogens with zero attached hydrogens (tertiary/aromatic N) is 2. The summed E-state index contributed by atoms with van der Waals surface area (Å²) in [5.41, 5.74) is 2.22. The minimum atomic E-state index is -0.963. The van der Waals surface area contributed by atoms with Crippen molar-refractivity contribution in [1.29, 1.82) is 0 Å². The Morgan fingerprint density at radius 2 is 2.20 bits per heavy atom. The number of rotatable bonds is 5. The lowest BCUT2D eigenvalue weighted by Crippen LogP contribution is -2.16. The molecule has 1 aromatic carbocycles. The van der Waals surface area contributed by atoms with Crippen LogP contribution in [0.15, 0.2) is 30.3 Å². The van der Waals surface area contributed by atoms with E-state index >= 15 is 0 Å². The molecule has 1 unspecified atom stereocenters. The third-order valence-corrected chi connectivity index (χ3v) is 3.35. The fraction of sp³-hybridized carbons (Fsp3) is 0.333. The van der Waals surface area contributed by atoms with Crippen LogP contribution in [0.2, 0.25) is 0 Å². The van der Waals surface area contributed by atoms with Crippen molar-refractivity contribution in [2.45, 2.75) is 25.7 Å². The van der Waals surface area contributed by atoms with Crippen molar-refractivity contribution >= 4 is 5.97 Å². The summed E-state index contributed by atoms with van der Waals surface area (Å²) in [5, 5.41) is 13.7. The van der Waals surface area contributed by atoms with Gasteiger partial charge >= 0.3 is 5.97 Å². The molecule has 1 aromatic heterocycles. The van der Waals surface area contributed by atoms with Crippen LogP contribution < -0.4 is 0 Å². The van der Waals surface area contributed by atoms with Crippen LogP contribution in [0.3, 0.4) is 0 Å². The van der Waals surface area contributed by atoms with Crippen molar-refractivity contribution in [1.82, 2.24) is 9.78 Å². The van der Waals surface area contributed by atoms with Gasteiger partial charge < -0.3 is 5.11 Å². The summed E-state index contributed by atoms with van der Waals surface area (Å²) in [5.74, 6) is -2.16. The Hall–Kier alpha value is -2.17. The van der Waals surface area contributed by atoms with E-state index in [0.29, 0.717) is 12.0 Å². The number of halogens is 1. The number of aromatic nitrogens is 2. The van der Waals surface area contributed by atoms with Crippen LogP contribution in [0, 0.1) is 5.82 Å². The van der Waals surface area contributed by atoms with Gasteiger partial charge in [-0.25, -0.2) is 4.39 Å². The van der Waals surface area contributed by atoms with E-state index < -0.39 is 17.7 Å². The molecule has 1 N–H and O–H groups in total. The fourth-order valence-corrected chi connectivity index (χ4v) is 2.22. The predicted octanol–water partition coefficient (Wildman–Crippen LogP) is 2.53. The van der Waals surface area contributed by atoms with Crippen LogP contribution in [0.5, 0.6) is 0 Å². The molecule has 0 aliphatic carbocycles. The molecular formula is C15H17FN2O2. The van der Waals surface area contributed by atoms with Crippen LogP contribution in [0.25, 0.3) is 0 Å². The number of carboxylic acids is 1. The number of aliphatic carboxylic acids is 1. The van der Waals surface area contributed by atoms with Crippen LogP contribution in [0.4, 0.5) is 4.39 Å². The first kappa shape index (κ1) is 14.2. The summed E-state index contributed by atoms with van der Waals surface area (Å²) in [4.78, 5) is 11.5. The zero-order valence-corrected chi connectivity index (χ0v) is 11.5. The minimum Gasteiger partial charge on any atom is -0.481 e. The second-order valence-electron chi connectivity index (χ2n) is 4.75. The first-order valence-electron chi connectivity index (χ1n) is 6.51. The van der Waals surface area contributed by atoms with Gasteiger partial charge in [0.1, 0.15) is 5.82 Å². The number of benzene rings is 1. The highest BCUT2D eigenvalue weighted by Crippen LogP contribution is 2.22. The maximum Gasteiger partial charge on any atom is 0.311 e. The standard InChI is InChI=1S/C15H17FN2O2/c1-3-12-8-13(18(2)17-12)9-14(15(19)20)10-5-4-6-11(16)7-10/h4-8,14H,3,9H2,1-2H3,(H,19,20). The third kappa shape index (κ3) is 3.04. The number of hydrogen-bond acceptors (Lipinski definition) is 2. The molecule has 2 aromatic rings. The Balaban J connectivity index is 2.30. The van der Waals surface area contributed by atoms with Crippen molar-refractivity contribution in [3.05, 3.63) is 53.1 Å². The highest BCUT2D eigenvalue weighted by Gasteiger charge is 2.22. The highest BCUT2D eigenvalue weighted by atomic mass is 19.1. The maximum atomic E-state index is 13.3. The van der Waals surface area contributed by atoms with Gasteiger partial charge in [-0.05, 0) is 30.2 Å². The Kier molecular flexibility index (Phi) is 4.17. The first-order valence-corrected chi connectivity index (χ1v) is 6.51. The molecule has 0 fully saturated rings. The van der Waals surface area contributed by atoms with Gasteiger partial charge in [-0.2, -0.15) is 5.10 Å². The van der Waals surface area contributed by atoms with E-state index in [0.717, 1.165) is 17.8 Å². The Morgan fingerprint density at radius 3 is 2.75 bits per heavy atom. The lowest BCUT2D eigenvalue weighted by Gasteiger charge is -2.13. The maximum absolute atomic E-state index is 13.3. The smallest absolute Gasteiger partial charge is 0.311 e. The van der Waals surface area contributed by atoms with E-state index in [1.54, 1.807) is 17.8 Å². The Labute approximate surface area is 116 Å². The summed E-state index contributed by atoms with van der Waals surface area (Å²) < 4.78 is 14.9. The van der Waals surface area contributed by atoms with E-state index in [1.165, 1.54) is 18.2 Å². The zero-order chi connectivity index (χ0) is 14.7. The minimum absolute atomic E-state index is 0.294. The fourth-order valence-electron chi connectivity index (χ4n) is 2.22. The average molecular weight is 276 g/mol. The second kappa shape index (κ2) is 5.86. The quantitative estimate of drug-likeness (QED) is 0.913. The van der Waals surface area contributed by atoms with Crippen LogP contribution in [-0.4, -0.2) is 20.9 Å². The molecule has 0 aliphatic rings. The molecule has 5 heteroatoms. The molecule has 20 heavy (non-hydrogen) atoms. The Bertz CT molecular complexity index is 622. The van der Waals surface area contributed by atoms with E-state index in [9.17, 15) is 14.3 Å². The molecule has 0 aliphatic heterocycles. The molecule has 0 saturated carbocycles. The van der Waals surface area contributed by atoms with E-state index in [1.807, 2.05) is 13.0 Å². The van der Waals surface area contributed by atoms with Gasteiger partial charge in [0.2, 0.25) is 0 Å². The van der Waals surface area contributed by atoms with Gasteiger partial charge in [-0.15, -0.1) is 0 Å². The molecule has 0 saturated heterocycles. The van der Waals surface area contributed by atoms with Crippen molar-refractivity contribution in [3.8, 4) is 0 Å². The summed E-state index contributed by atoms with van der Waals surface area (Å²) in [6.45, 7) is 1.99. The van der Waals surface area contributed by atoms with Crippen molar-refractivity contribution < 1.29 is 14.3 Å². The molecule has 4 nitrogen and oxygen atoms in total. The third-order valence-electron chi connectivity index (χ3n) is 3.35. The highest BCUT2D eigenvalue weighted by molar-refractivity contribution is 5.76. The van der Waals surface area contributed by atoms with E-state index in [-0.39, 0.29) is 0 Å². The summed E-state index contributed by atoms with van der Waals surface area (Å²) in [6, 6.07) is 7.65. The molecule has 0 spiro atoms. The van der Waals surface area contributed by atoms with Gasteiger partial charge in [0.25, 0.3) is 0 Å². The SMILES string of the molecule is CCc1cc(CC(C(=O)O)c2cccc(F)c2)n(C)n1. The largest absolute Gasteiger partial charge is 0.481 e. The first-order chi connectivity index (χ1) is 9.51. The molecular weight excluding hydrogens is 259 g/mol. The molecule has 0 amide bonds. The normalized spacial score (nSPS) is 12.3. The summed E-state index contributed by atoms with van der Waals surface area (Å²) in [6.07, 6.45) is 1.09. The van der Waals surface area contributed by atoms with Gasteiger partial charge in [-0.3, -0.25) is 9.48 Å². The number of hydrogen-bond donors (Lipinski definition) is 1. The molecule has 106 valence electrons. The van der Waals surface area contributed by atoms with Crippen molar-refractivity contribution in [2.24, 2.45) is 7.05 Å². The summed E-state index contributed by atoms with van der Waals surface area (Å²) >= 11 is 0. The number of carboxylic acid groups (broad SMARTS) is 1. The molecule has 2 rings (SSSR count). The lowest BCUT2D eigenvalue weighted by molar-refractivity contribution is -0.138. The summed E-state index contributed by atoms with van der Waals surface area (Å²) in [7, 11) is 1.79. The van der Waals surface area contributed by atoms with Gasteiger partial charge in [0.05, 0.1) is 11.6 Å². The number of aryl methyl sites for hydroxylation is 2. The van der Waals surface area contributed by atoms with E-state index in [2.05, 4.69) is 5.10 Å². The van der Waals surface area contributed by atoms with Gasteiger partial charge in [0, 0.05) is 19.2 Å². The van der Waals surface area contributed by atoms with E-state index in [4.69, 9.17) is 0 Å². The molecule has 0 radical (unpaired) electrons. The van der Waals surface area contributed by atoms with Crippen LogP contribution in [-0.2, 0) is 24.7 Å². The van der Waals surface area contributed by atoms with Crippen LogP contribution in [0.1, 0.15) is 29.8 Å². The Morgan fingerprint density at radius 1 is 1.45 bits per heavy atom. The molecule has 1 atom stereocenters.